The van der Waals surface area contributed by atoms with Crippen LogP contribution in [0.25, 0.3) is 6.08 Å². The third-order valence-electron chi connectivity index (χ3n) is 4.51. The van der Waals surface area contributed by atoms with Crippen molar-refractivity contribution in [3.05, 3.63) is 46.0 Å². The fourth-order valence-electron chi connectivity index (χ4n) is 3.71. The number of rotatable bonds is 6. The van der Waals surface area contributed by atoms with Crippen LogP contribution in [0.2, 0.25) is 0 Å². The van der Waals surface area contributed by atoms with E-state index < -0.39 is 10.9 Å². The van der Waals surface area contributed by atoms with Crippen LogP contribution in [0.4, 0.5) is 5.69 Å². The Bertz CT molecular complexity index is 723. The molecule has 0 saturated heterocycles. The van der Waals surface area contributed by atoms with Crippen molar-refractivity contribution in [3.8, 4) is 0 Å². The van der Waals surface area contributed by atoms with E-state index in [-0.39, 0.29) is 29.4 Å². The Labute approximate surface area is 153 Å². The third kappa shape index (κ3) is 6.10. The molecule has 1 aromatic rings. The van der Waals surface area contributed by atoms with Gasteiger partial charge in [-0.2, -0.15) is 0 Å². The lowest BCUT2D eigenvalue weighted by Crippen LogP contribution is -2.34. The fourth-order valence-corrected chi connectivity index (χ4v) is 3.71. The van der Waals surface area contributed by atoms with Crippen LogP contribution < -0.4 is 0 Å². The van der Waals surface area contributed by atoms with Crippen molar-refractivity contribution >= 4 is 23.5 Å². The molecule has 0 aliphatic heterocycles. The molecule has 0 amide bonds. The zero-order valence-corrected chi connectivity index (χ0v) is 15.4. The predicted molar refractivity (Wildman–Crippen MR) is 98.4 cm³/mol. The maximum Gasteiger partial charge on any atom is 0.313 e. The molecule has 2 rings (SSSR count). The lowest BCUT2D eigenvalue weighted by Gasteiger charge is -2.38. The molecular weight excluding hydrogens is 334 g/mol. The normalized spacial score (nSPS) is 22.1. The number of hydrogen-bond donors (Lipinski definition) is 0. The summed E-state index contributed by atoms with van der Waals surface area (Å²) in [6.45, 7) is 6.47. The van der Waals surface area contributed by atoms with E-state index in [1.165, 1.54) is 24.3 Å². The summed E-state index contributed by atoms with van der Waals surface area (Å²) in [6, 6.07) is 5.94. The fraction of sp³-hybridized carbons (Fsp3) is 0.500. The molecule has 26 heavy (non-hydrogen) atoms. The first-order chi connectivity index (χ1) is 12.1. The van der Waals surface area contributed by atoms with Crippen LogP contribution in [0, 0.1) is 21.4 Å². The number of carbonyl (C=O) groups excluding carboxylic acids is 2. The molecule has 0 heterocycles. The van der Waals surface area contributed by atoms with Crippen LogP contribution >= 0.6 is 0 Å². The summed E-state index contributed by atoms with van der Waals surface area (Å²) in [6.07, 6.45) is 4.99. The van der Waals surface area contributed by atoms with Crippen LogP contribution in [-0.2, 0) is 14.3 Å². The SMILES string of the molecule is CC1CC(OC(=O)CC(=O)/C=C\c2cccc([N+](=O)[O-])c2)CC(C)(C)C1. The zero-order chi connectivity index (χ0) is 19.3. The number of carbonyl (C=O) groups is 2. The van der Waals surface area contributed by atoms with Gasteiger partial charge < -0.3 is 4.74 Å². The number of allylic oxidation sites excluding steroid dienone is 1. The maximum absolute atomic E-state index is 12.0. The van der Waals surface area contributed by atoms with Crippen LogP contribution in [0.15, 0.2) is 30.3 Å². The van der Waals surface area contributed by atoms with Crippen molar-refractivity contribution in [2.24, 2.45) is 11.3 Å². The first kappa shape index (κ1) is 19.8. The predicted octanol–water partition coefficient (Wildman–Crippen LogP) is 4.33. The lowest BCUT2D eigenvalue weighted by atomic mass is 9.71. The second-order valence-electron chi connectivity index (χ2n) is 7.85. The van der Waals surface area contributed by atoms with Gasteiger partial charge in [0.2, 0.25) is 0 Å². The van der Waals surface area contributed by atoms with E-state index in [2.05, 4.69) is 20.8 Å². The smallest absolute Gasteiger partial charge is 0.313 e. The summed E-state index contributed by atoms with van der Waals surface area (Å²) < 4.78 is 5.49. The largest absolute Gasteiger partial charge is 0.462 e. The molecule has 0 radical (unpaired) electrons. The highest BCUT2D eigenvalue weighted by molar-refractivity contribution is 6.04. The number of esters is 1. The summed E-state index contributed by atoms with van der Waals surface area (Å²) in [7, 11) is 0. The van der Waals surface area contributed by atoms with Crippen LogP contribution in [0.1, 0.15) is 52.0 Å². The first-order valence-electron chi connectivity index (χ1n) is 8.79. The summed E-state index contributed by atoms with van der Waals surface area (Å²) in [5.74, 6) is -0.417. The number of nitrogens with zero attached hydrogens (tertiary/aromatic N) is 1. The number of ketones is 1. The number of nitro benzene ring substituents is 1. The quantitative estimate of drug-likeness (QED) is 0.248. The molecule has 0 aromatic heterocycles. The summed E-state index contributed by atoms with van der Waals surface area (Å²) in [4.78, 5) is 34.2. The van der Waals surface area contributed by atoms with Crippen molar-refractivity contribution < 1.29 is 19.2 Å². The van der Waals surface area contributed by atoms with E-state index >= 15 is 0 Å². The third-order valence-corrected chi connectivity index (χ3v) is 4.51. The average Bonchev–Trinajstić information content (AvgIpc) is 2.51. The van der Waals surface area contributed by atoms with Gasteiger partial charge in [0.15, 0.2) is 5.78 Å². The molecule has 1 saturated carbocycles. The second-order valence-corrected chi connectivity index (χ2v) is 7.85. The highest BCUT2D eigenvalue weighted by Gasteiger charge is 2.34. The molecule has 0 spiro atoms. The van der Waals surface area contributed by atoms with E-state index in [0.717, 1.165) is 19.3 Å². The molecule has 1 aliphatic rings. The Hall–Kier alpha value is -2.50. The number of hydrogen-bond acceptors (Lipinski definition) is 5. The maximum atomic E-state index is 12.0. The number of non-ortho nitro benzene ring substituents is 1. The Morgan fingerprint density at radius 3 is 2.73 bits per heavy atom. The Balaban J connectivity index is 1.88. The summed E-state index contributed by atoms with van der Waals surface area (Å²) >= 11 is 0. The molecule has 2 atom stereocenters. The van der Waals surface area contributed by atoms with E-state index in [0.29, 0.717) is 11.5 Å². The van der Waals surface area contributed by atoms with E-state index in [1.807, 2.05) is 0 Å². The Kier molecular flexibility index (Phi) is 6.29. The van der Waals surface area contributed by atoms with Gasteiger partial charge in [0, 0.05) is 12.1 Å². The highest BCUT2D eigenvalue weighted by atomic mass is 16.6. The molecule has 6 heteroatoms. The molecule has 1 fully saturated rings. The van der Waals surface area contributed by atoms with Crippen LogP contribution in [-0.4, -0.2) is 22.8 Å². The minimum Gasteiger partial charge on any atom is -0.462 e. The summed E-state index contributed by atoms with van der Waals surface area (Å²) in [5, 5.41) is 10.7. The molecule has 0 N–H and O–H groups in total. The summed E-state index contributed by atoms with van der Waals surface area (Å²) in [5.41, 5.74) is 0.617. The zero-order valence-electron chi connectivity index (χ0n) is 15.4. The highest BCUT2D eigenvalue weighted by Crippen LogP contribution is 2.39. The van der Waals surface area contributed by atoms with E-state index in [4.69, 9.17) is 4.74 Å². The molecule has 6 nitrogen and oxygen atoms in total. The number of nitro groups is 1. The Morgan fingerprint density at radius 2 is 2.08 bits per heavy atom. The van der Waals surface area contributed by atoms with Gasteiger partial charge in [0.05, 0.1) is 4.92 Å². The van der Waals surface area contributed by atoms with Gasteiger partial charge in [0.1, 0.15) is 12.5 Å². The number of ether oxygens (including phenoxy) is 1. The van der Waals surface area contributed by atoms with Gasteiger partial charge in [-0.05, 0) is 42.2 Å². The van der Waals surface area contributed by atoms with Gasteiger partial charge in [-0.1, -0.05) is 39.0 Å². The topological polar surface area (TPSA) is 86.5 Å². The van der Waals surface area contributed by atoms with Crippen molar-refractivity contribution in [2.75, 3.05) is 0 Å². The van der Waals surface area contributed by atoms with Crippen molar-refractivity contribution in [1.29, 1.82) is 0 Å². The molecule has 2 unspecified atom stereocenters. The standard InChI is InChI=1S/C20H25NO5/c1-14-9-18(13-20(2,3)12-14)26-19(23)11-17(22)8-7-15-5-4-6-16(10-15)21(24)25/h4-8,10,14,18H,9,11-13H2,1-3H3/b8-7-. The molecule has 0 bridgehead atoms. The average molecular weight is 359 g/mol. The number of benzene rings is 1. The van der Waals surface area contributed by atoms with Gasteiger partial charge in [-0.15, -0.1) is 0 Å². The first-order valence-corrected chi connectivity index (χ1v) is 8.79. The molecular formula is C20H25NO5. The molecule has 140 valence electrons. The lowest BCUT2D eigenvalue weighted by molar-refractivity contribution is -0.384. The van der Waals surface area contributed by atoms with Gasteiger partial charge >= 0.3 is 5.97 Å². The van der Waals surface area contributed by atoms with E-state index in [1.54, 1.807) is 12.1 Å². The molecule has 1 aromatic carbocycles. The van der Waals surface area contributed by atoms with Crippen molar-refractivity contribution in [3.63, 3.8) is 0 Å². The van der Waals surface area contributed by atoms with Crippen molar-refractivity contribution in [1.82, 2.24) is 0 Å². The van der Waals surface area contributed by atoms with E-state index in [9.17, 15) is 19.7 Å². The molecule has 1 aliphatic carbocycles. The van der Waals surface area contributed by atoms with Gasteiger partial charge in [0.25, 0.3) is 5.69 Å². The van der Waals surface area contributed by atoms with Gasteiger partial charge in [-0.25, -0.2) is 0 Å². The second kappa shape index (κ2) is 8.25. The minimum absolute atomic E-state index is 0.0481. The monoisotopic (exact) mass is 359 g/mol. The Morgan fingerprint density at radius 1 is 1.35 bits per heavy atom. The van der Waals surface area contributed by atoms with Crippen molar-refractivity contribution in [2.45, 2.75) is 52.6 Å². The van der Waals surface area contributed by atoms with Crippen LogP contribution in [0.5, 0.6) is 0 Å². The van der Waals surface area contributed by atoms with Gasteiger partial charge in [-0.3, -0.25) is 19.7 Å². The minimum atomic E-state index is -0.520. The van der Waals surface area contributed by atoms with Crippen LogP contribution in [0.3, 0.4) is 0 Å².